The normalized spacial score (nSPS) is 11.1. The third-order valence-electron chi connectivity index (χ3n) is 5.73. The molecule has 1 N–H and O–H groups in total. The molecule has 0 bridgehead atoms. The van der Waals surface area contributed by atoms with Crippen molar-refractivity contribution in [2.24, 2.45) is 0 Å². The molecule has 0 aliphatic carbocycles. The lowest BCUT2D eigenvalue weighted by atomic mass is 10.1. The zero-order valence-corrected chi connectivity index (χ0v) is 19.7. The standard InChI is InChI=1S/C27H20ClN7O/c28-20-11-9-19(10-12-20)26-24(18-35(32-26)23-6-2-1-3-7-23)27(36)31-21-14-29-34(16-21)17-22-15-33-13-5-4-8-25(33)30-22/h1-16,18H,17H2,(H,31,36). The van der Waals surface area contributed by atoms with Gasteiger partial charge in [-0.3, -0.25) is 9.48 Å². The number of aromatic nitrogens is 6. The van der Waals surface area contributed by atoms with Gasteiger partial charge in [-0.1, -0.05) is 48.0 Å². The minimum atomic E-state index is -0.283. The van der Waals surface area contributed by atoms with Crippen LogP contribution >= 0.6 is 11.6 Å². The molecule has 2 aromatic carbocycles. The number of anilines is 1. The second kappa shape index (κ2) is 9.16. The van der Waals surface area contributed by atoms with Crippen molar-refractivity contribution in [1.29, 1.82) is 0 Å². The number of hydrogen-bond donors (Lipinski definition) is 1. The number of para-hydroxylation sites is 1. The molecule has 1 amide bonds. The van der Waals surface area contributed by atoms with Gasteiger partial charge in [-0.15, -0.1) is 0 Å². The smallest absolute Gasteiger partial charge is 0.259 e. The number of imidazole rings is 1. The Morgan fingerprint density at radius 2 is 1.72 bits per heavy atom. The van der Waals surface area contributed by atoms with Crippen LogP contribution in [0.2, 0.25) is 5.02 Å². The van der Waals surface area contributed by atoms with E-state index in [9.17, 15) is 4.79 Å². The highest BCUT2D eigenvalue weighted by atomic mass is 35.5. The Hall–Kier alpha value is -4.69. The molecule has 8 nitrogen and oxygen atoms in total. The van der Waals surface area contributed by atoms with Crippen LogP contribution in [0.25, 0.3) is 22.6 Å². The molecule has 0 saturated heterocycles. The number of nitrogens with one attached hydrogen (secondary N) is 1. The van der Waals surface area contributed by atoms with Gasteiger partial charge in [-0.2, -0.15) is 10.2 Å². The Labute approximate surface area is 211 Å². The summed E-state index contributed by atoms with van der Waals surface area (Å²) in [6, 6.07) is 22.8. The van der Waals surface area contributed by atoms with Crippen molar-refractivity contribution in [3.8, 4) is 16.9 Å². The van der Waals surface area contributed by atoms with E-state index in [0.29, 0.717) is 28.5 Å². The number of benzene rings is 2. The molecule has 6 rings (SSSR count). The molecule has 4 heterocycles. The number of hydrogen-bond acceptors (Lipinski definition) is 4. The number of rotatable bonds is 6. The third kappa shape index (κ3) is 4.37. The van der Waals surface area contributed by atoms with Gasteiger partial charge in [0.2, 0.25) is 0 Å². The first-order valence-electron chi connectivity index (χ1n) is 11.3. The third-order valence-corrected chi connectivity index (χ3v) is 5.98. The van der Waals surface area contributed by atoms with Crippen molar-refractivity contribution in [1.82, 2.24) is 28.9 Å². The molecule has 0 spiro atoms. The van der Waals surface area contributed by atoms with E-state index in [-0.39, 0.29) is 5.91 Å². The summed E-state index contributed by atoms with van der Waals surface area (Å²) in [6.45, 7) is 0.486. The van der Waals surface area contributed by atoms with Gasteiger partial charge in [0.25, 0.3) is 5.91 Å². The highest BCUT2D eigenvalue weighted by Crippen LogP contribution is 2.26. The van der Waals surface area contributed by atoms with Gasteiger partial charge in [0, 0.05) is 35.4 Å². The molecule has 0 radical (unpaired) electrons. The number of carbonyl (C=O) groups is 1. The predicted molar refractivity (Wildman–Crippen MR) is 138 cm³/mol. The average molecular weight is 494 g/mol. The zero-order valence-electron chi connectivity index (χ0n) is 19.0. The molecular weight excluding hydrogens is 474 g/mol. The van der Waals surface area contributed by atoms with Crippen LogP contribution < -0.4 is 5.32 Å². The van der Waals surface area contributed by atoms with Crippen LogP contribution in [-0.2, 0) is 6.54 Å². The Balaban J connectivity index is 1.26. The van der Waals surface area contributed by atoms with Crippen LogP contribution in [0.1, 0.15) is 16.1 Å². The summed E-state index contributed by atoms with van der Waals surface area (Å²) in [5, 5.41) is 12.7. The maximum absolute atomic E-state index is 13.4. The SMILES string of the molecule is O=C(Nc1cnn(Cc2cn3ccccc3n2)c1)c1cn(-c2ccccc2)nc1-c1ccc(Cl)cc1. The van der Waals surface area contributed by atoms with Crippen LogP contribution in [0.3, 0.4) is 0 Å². The van der Waals surface area contributed by atoms with Crippen LogP contribution in [0.15, 0.2) is 104 Å². The minimum Gasteiger partial charge on any atom is -0.319 e. The van der Waals surface area contributed by atoms with Gasteiger partial charge in [0.05, 0.1) is 35.4 Å². The van der Waals surface area contributed by atoms with Crippen molar-refractivity contribution in [2.75, 3.05) is 5.32 Å². The van der Waals surface area contributed by atoms with Gasteiger partial charge in [-0.25, -0.2) is 9.67 Å². The van der Waals surface area contributed by atoms with E-state index in [2.05, 4.69) is 15.4 Å². The van der Waals surface area contributed by atoms with Crippen molar-refractivity contribution in [3.05, 3.63) is 120 Å². The molecule has 4 aromatic heterocycles. The van der Waals surface area contributed by atoms with Gasteiger partial charge >= 0.3 is 0 Å². The Kier molecular flexibility index (Phi) is 5.55. The molecule has 176 valence electrons. The van der Waals surface area contributed by atoms with Gasteiger partial charge < -0.3 is 9.72 Å². The van der Waals surface area contributed by atoms with Crippen molar-refractivity contribution < 1.29 is 4.79 Å². The van der Waals surface area contributed by atoms with Gasteiger partial charge in [-0.05, 0) is 36.4 Å². The van der Waals surface area contributed by atoms with Crippen LogP contribution in [0.4, 0.5) is 5.69 Å². The van der Waals surface area contributed by atoms with E-state index >= 15 is 0 Å². The van der Waals surface area contributed by atoms with Crippen molar-refractivity contribution >= 4 is 28.8 Å². The first-order valence-corrected chi connectivity index (χ1v) is 11.7. The molecule has 0 atom stereocenters. The molecule has 6 aromatic rings. The van der Waals surface area contributed by atoms with Crippen LogP contribution in [-0.4, -0.2) is 34.9 Å². The van der Waals surface area contributed by atoms with E-state index in [4.69, 9.17) is 16.7 Å². The zero-order chi connectivity index (χ0) is 24.5. The Morgan fingerprint density at radius 1 is 0.917 bits per heavy atom. The lowest BCUT2D eigenvalue weighted by Crippen LogP contribution is -2.12. The maximum atomic E-state index is 13.4. The number of amides is 1. The quantitative estimate of drug-likeness (QED) is 0.339. The summed E-state index contributed by atoms with van der Waals surface area (Å²) in [5.74, 6) is -0.283. The lowest BCUT2D eigenvalue weighted by molar-refractivity contribution is 0.102. The van der Waals surface area contributed by atoms with Gasteiger partial charge in [0.15, 0.2) is 0 Å². The number of nitrogens with zero attached hydrogens (tertiary/aromatic N) is 6. The summed E-state index contributed by atoms with van der Waals surface area (Å²) < 4.78 is 5.40. The van der Waals surface area contributed by atoms with E-state index in [1.54, 1.807) is 40.1 Å². The predicted octanol–water partition coefficient (Wildman–Crippen LogP) is 5.34. The van der Waals surface area contributed by atoms with Crippen molar-refractivity contribution in [2.45, 2.75) is 6.54 Å². The number of carbonyl (C=O) groups excluding carboxylic acids is 1. The van der Waals surface area contributed by atoms with E-state index in [1.807, 2.05) is 77.5 Å². The monoisotopic (exact) mass is 493 g/mol. The molecular formula is C27H20ClN7O. The number of pyridine rings is 1. The van der Waals surface area contributed by atoms with Crippen molar-refractivity contribution in [3.63, 3.8) is 0 Å². The minimum absolute atomic E-state index is 0.283. The molecule has 36 heavy (non-hydrogen) atoms. The summed E-state index contributed by atoms with van der Waals surface area (Å²) in [7, 11) is 0. The number of halogens is 1. The second-order valence-corrected chi connectivity index (χ2v) is 8.69. The average Bonchev–Trinajstić information content (AvgIpc) is 3.63. The molecule has 0 saturated carbocycles. The molecule has 9 heteroatoms. The highest BCUT2D eigenvalue weighted by Gasteiger charge is 2.19. The first-order chi connectivity index (χ1) is 17.6. The fourth-order valence-electron chi connectivity index (χ4n) is 4.02. The lowest BCUT2D eigenvalue weighted by Gasteiger charge is -2.03. The van der Waals surface area contributed by atoms with Crippen LogP contribution in [0.5, 0.6) is 0 Å². The van der Waals surface area contributed by atoms with E-state index in [1.165, 1.54) is 0 Å². The maximum Gasteiger partial charge on any atom is 0.259 e. The van der Waals surface area contributed by atoms with E-state index in [0.717, 1.165) is 22.6 Å². The number of fused-ring (bicyclic) bond motifs is 1. The molecule has 0 aliphatic rings. The Bertz CT molecular complexity index is 1630. The first kappa shape index (κ1) is 21.8. The van der Waals surface area contributed by atoms with E-state index < -0.39 is 0 Å². The summed E-state index contributed by atoms with van der Waals surface area (Å²) in [6.07, 6.45) is 9.05. The largest absolute Gasteiger partial charge is 0.319 e. The highest BCUT2D eigenvalue weighted by molar-refractivity contribution is 6.30. The summed E-state index contributed by atoms with van der Waals surface area (Å²) in [5.41, 5.74) is 4.97. The fourth-order valence-corrected chi connectivity index (χ4v) is 4.14. The van der Waals surface area contributed by atoms with Gasteiger partial charge in [0.1, 0.15) is 11.3 Å². The summed E-state index contributed by atoms with van der Waals surface area (Å²) >= 11 is 6.07. The van der Waals surface area contributed by atoms with Crippen LogP contribution in [0, 0.1) is 0 Å². The second-order valence-electron chi connectivity index (χ2n) is 8.26. The summed E-state index contributed by atoms with van der Waals surface area (Å²) in [4.78, 5) is 18.0. The molecule has 0 fully saturated rings. The Morgan fingerprint density at radius 3 is 2.53 bits per heavy atom. The fraction of sp³-hybridized carbons (Fsp3) is 0.0370. The topological polar surface area (TPSA) is 82.0 Å². The molecule has 0 aliphatic heterocycles. The molecule has 0 unspecified atom stereocenters.